The zero-order valence-corrected chi connectivity index (χ0v) is 14.9. The molecule has 0 radical (unpaired) electrons. The van der Waals surface area contributed by atoms with Crippen LogP contribution in [0.3, 0.4) is 0 Å². The quantitative estimate of drug-likeness (QED) is 0.608. The number of nitrogens with zero attached hydrogens (tertiary/aromatic N) is 1. The van der Waals surface area contributed by atoms with Crippen molar-refractivity contribution in [3.63, 3.8) is 0 Å². The molecule has 8 heteroatoms. The Bertz CT molecular complexity index is 835. The van der Waals surface area contributed by atoms with Gasteiger partial charge in [-0.25, -0.2) is 8.42 Å². The number of sulfone groups is 1. The number of nitro groups is 1. The maximum absolute atomic E-state index is 11.5. The van der Waals surface area contributed by atoms with Crippen molar-refractivity contribution in [2.45, 2.75) is 17.9 Å². The Labute approximate surface area is 142 Å². The van der Waals surface area contributed by atoms with E-state index in [1.165, 1.54) is 12.1 Å². The molecule has 6 nitrogen and oxygen atoms in total. The van der Waals surface area contributed by atoms with Gasteiger partial charge in [-0.2, -0.15) is 0 Å². The highest BCUT2D eigenvalue weighted by molar-refractivity contribution is 9.10. The molecule has 0 saturated heterocycles. The highest BCUT2D eigenvalue weighted by atomic mass is 79.9. The molecule has 2 aromatic carbocycles. The predicted octanol–water partition coefficient (Wildman–Crippen LogP) is 3.93. The van der Waals surface area contributed by atoms with Crippen molar-refractivity contribution < 1.29 is 13.3 Å². The van der Waals surface area contributed by atoms with Crippen LogP contribution in [-0.2, 0) is 9.84 Å². The molecule has 0 fully saturated rings. The van der Waals surface area contributed by atoms with Crippen LogP contribution in [0.25, 0.3) is 0 Å². The number of rotatable bonds is 5. The van der Waals surface area contributed by atoms with Gasteiger partial charge in [0, 0.05) is 22.8 Å². The minimum Gasteiger partial charge on any atom is -0.373 e. The lowest BCUT2D eigenvalue weighted by Crippen LogP contribution is -2.09. The first-order chi connectivity index (χ1) is 10.7. The van der Waals surface area contributed by atoms with Crippen molar-refractivity contribution in [1.29, 1.82) is 0 Å². The lowest BCUT2D eigenvalue weighted by Gasteiger charge is -2.16. The molecule has 1 N–H and O–H groups in total. The fourth-order valence-corrected chi connectivity index (χ4v) is 2.99. The van der Waals surface area contributed by atoms with Gasteiger partial charge in [0.15, 0.2) is 9.84 Å². The molecular formula is C15H15BrN2O4S. The second kappa shape index (κ2) is 6.67. The van der Waals surface area contributed by atoms with E-state index in [1.807, 2.05) is 31.2 Å². The van der Waals surface area contributed by atoms with Crippen molar-refractivity contribution in [2.75, 3.05) is 11.6 Å². The summed E-state index contributed by atoms with van der Waals surface area (Å²) in [5.74, 6) is 0. The summed E-state index contributed by atoms with van der Waals surface area (Å²) < 4.78 is 24.0. The molecule has 2 aromatic rings. The third-order valence-electron chi connectivity index (χ3n) is 3.34. The van der Waals surface area contributed by atoms with Gasteiger partial charge in [0.2, 0.25) is 0 Å². The second-order valence-corrected chi connectivity index (χ2v) is 8.06. The molecule has 0 aliphatic heterocycles. The SMILES string of the molecule is C[C@H](Nc1ccc(S(C)(=O)=O)cc1[N+](=O)[O-])c1ccc(Br)cc1. The van der Waals surface area contributed by atoms with Crippen molar-refractivity contribution in [2.24, 2.45) is 0 Å². The molecule has 0 saturated carbocycles. The maximum atomic E-state index is 11.5. The van der Waals surface area contributed by atoms with Gasteiger partial charge >= 0.3 is 0 Å². The Morgan fingerprint density at radius 2 is 1.78 bits per heavy atom. The first-order valence-electron chi connectivity index (χ1n) is 6.69. The highest BCUT2D eigenvalue weighted by Crippen LogP contribution is 2.30. The summed E-state index contributed by atoms with van der Waals surface area (Å²) in [6.07, 6.45) is 1.02. The van der Waals surface area contributed by atoms with Crippen LogP contribution in [0.15, 0.2) is 51.8 Å². The van der Waals surface area contributed by atoms with E-state index < -0.39 is 14.8 Å². The summed E-state index contributed by atoms with van der Waals surface area (Å²) >= 11 is 3.35. The molecule has 23 heavy (non-hydrogen) atoms. The summed E-state index contributed by atoms with van der Waals surface area (Å²) in [7, 11) is -3.50. The fourth-order valence-electron chi connectivity index (χ4n) is 2.08. The Morgan fingerprint density at radius 3 is 2.30 bits per heavy atom. The molecule has 122 valence electrons. The number of hydrogen-bond donors (Lipinski definition) is 1. The molecule has 0 unspecified atom stereocenters. The zero-order chi connectivity index (χ0) is 17.2. The van der Waals surface area contributed by atoms with Crippen LogP contribution in [0.2, 0.25) is 0 Å². The Balaban J connectivity index is 2.35. The van der Waals surface area contributed by atoms with E-state index in [0.717, 1.165) is 22.4 Å². The molecule has 0 amide bonds. The van der Waals surface area contributed by atoms with E-state index in [4.69, 9.17) is 0 Å². The van der Waals surface area contributed by atoms with Crippen LogP contribution < -0.4 is 5.32 Å². The van der Waals surface area contributed by atoms with Crippen LogP contribution in [-0.4, -0.2) is 19.6 Å². The molecule has 0 bridgehead atoms. The smallest absolute Gasteiger partial charge is 0.293 e. The van der Waals surface area contributed by atoms with E-state index >= 15 is 0 Å². The van der Waals surface area contributed by atoms with Gasteiger partial charge in [-0.1, -0.05) is 28.1 Å². The van der Waals surface area contributed by atoms with Gasteiger partial charge in [-0.15, -0.1) is 0 Å². The summed E-state index contributed by atoms with van der Waals surface area (Å²) in [5, 5.41) is 14.3. The molecular weight excluding hydrogens is 384 g/mol. The van der Waals surface area contributed by atoms with Crippen LogP contribution in [0, 0.1) is 10.1 Å². The first kappa shape index (κ1) is 17.4. The number of anilines is 1. The van der Waals surface area contributed by atoms with E-state index in [9.17, 15) is 18.5 Å². The van der Waals surface area contributed by atoms with Gasteiger partial charge in [0.25, 0.3) is 5.69 Å². The minimum atomic E-state index is -3.50. The standard InChI is InChI=1S/C15H15BrN2O4S/c1-10(11-3-5-12(16)6-4-11)17-14-8-7-13(23(2,21)22)9-15(14)18(19)20/h3-10,17H,1-2H3/t10-/m0/s1. The van der Waals surface area contributed by atoms with E-state index in [1.54, 1.807) is 0 Å². The second-order valence-electron chi connectivity index (χ2n) is 5.13. The number of nitrogens with one attached hydrogen (secondary N) is 1. The van der Waals surface area contributed by atoms with Crippen molar-refractivity contribution in [1.82, 2.24) is 0 Å². The normalized spacial score (nSPS) is 12.7. The number of hydrogen-bond acceptors (Lipinski definition) is 5. The van der Waals surface area contributed by atoms with E-state index in [2.05, 4.69) is 21.2 Å². The average Bonchev–Trinajstić information content (AvgIpc) is 2.46. The van der Waals surface area contributed by atoms with Gasteiger partial charge in [-0.05, 0) is 36.8 Å². The van der Waals surface area contributed by atoms with E-state index in [-0.39, 0.29) is 22.3 Å². The molecule has 0 aromatic heterocycles. The molecule has 0 spiro atoms. The molecule has 1 atom stereocenters. The topological polar surface area (TPSA) is 89.3 Å². The number of halogens is 1. The van der Waals surface area contributed by atoms with E-state index in [0.29, 0.717) is 0 Å². The monoisotopic (exact) mass is 398 g/mol. The maximum Gasteiger partial charge on any atom is 0.293 e. The van der Waals surface area contributed by atoms with Crippen molar-refractivity contribution in [3.8, 4) is 0 Å². The largest absolute Gasteiger partial charge is 0.373 e. The van der Waals surface area contributed by atoms with Gasteiger partial charge in [0.1, 0.15) is 5.69 Å². The lowest BCUT2D eigenvalue weighted by atomic mass is 10.1. The minimum absolute atomic E-state index is 0.0777. The summed E-state index contributed by atoms with van der Waals surface area (Å²) in [6.45, 7) is 1.87. The predicted molar refractivity (Wildman–Crippen MR) is 92.4 cm³/mol. The molecule has 0 heterocycles. The molecule has 0 aliphatic carbocycles. The van der Waals surface area contributed by atoms with Crippen LogP contribution in [0.4, 0.5) is 11.4 Å². The van der Waals surface area contributed by atoms with Gasteiger partial charge < -0.3 is 5.32 Å². The Kier molecular flexibility index (Phi) is 5.06. The van der Waals surface area contributed by atoms with Crippen LogP contribution in [0.1, 0.15) is 18.5 Å². The van der Waals surface area contributed by atoms with Crippen molar-refractivity contribution >= 4 is 37.1 Å². The molecule has 0 aliphatic rings. The summed E-state index contributed by atoms with van der Waals surface area (Å²) in [5.41, 5.74) is 0.962. The summed E-state index contributed by atoms with van der Waals surface area (Å²) in [4.78, 5) is 10.6. The van der Waals surface area contributed by atoms with Crippen LogP contribution >= 0.6 is 15.9 Å². The third kappa shape index (κ3) is 4.29. The van der Waals surface area contributed by atoms with Crippen LogP contribution in [0.5, 0.6) is 0 Å². The van der Waals surface area contributed by atoms with Gasteiger partial charge in [-0.3, -0.25) is 10.1 Å². The number of benzene rings is 2. The highest BCUT2D eigenvalue weighted by Gasteiger charge is 2.20. The average molecular weight is 399 g/mol. The number of nitro benzene ring substituents is 1. The zero-order valence-electron chi connectivity index (χ0n) is 12.5. The lowest BCUT2D eigenvalue weighted by molar-refractivity contribution is -0.384. The Hall–Kier alpha value is -1.93. The van der Waals surface area contributed by atoms with Gasteiger partial charge in [0.05, 0.1) is 9.82 Å². The third-order valence-corrected chi connectivity index (χ3v) is 4.97. The fraction of sp³-hybridized carbons (Fsp3) is 0.200. The summed E-state index contributed by atoms with van der Waals surface area (Å²) in [6, 6.07) is 11.3. The molecule has 2 rings (SSSR count). The van der Waals surface area contributed by atoms with Crippen molar-refractivity contribution in [3.05, 3.63) is 62.6 Å². The first-order valence-corrected chi connectivity index (χ1v) is 9.37. The Morgan fingerprint density at radius 1 is 1.17 bits per heavy atom.